The molecule has 2 aromatic heterocycles. The van der Waals surface area contributed by atoms with E-state index in [1.54, 1.807) is 6.92 Å². The van der Waals surface area contributed by atoms with Gasteiger partial charge in [0.05, 0.1) is 18.8 Å². The molecular formula is C12H14N6O3. The summed E-state index contributed by atoms with van der Waals surface area (Å²) >= 11 is 0. The molecule has 0 spiro atoms. The van der Waals surface area contributed by atoms with Crippen LogP contribution in [-0.4, -0.2) is 57.3 Å². The predicted octanol–water partition coefficient (Wildman–Crippen LogP) is -0.188. The van der Waals surface area contributed by atoms with Gasteiger partial charge in [-0.15, -0.1) is 0 Å². The van der Waals surface area contributed by atoms with Crippen molar-refractivity contribution in [2.45, 2.75) is 6.92 Å². The van der Waals surface area contributed by atoms with Crippen molar-refractivity contribution in [2.24, 2.45) is 0 Å². The number of nitrogens with one attached hydrogen (secondary N) is 1. The Balaban J connectivity index is 1.67. The highest BCUT2D eigenvalue weighted by atomic mass is 16.5. The summed E-state index contributed by atoms with van der Waals surface area (Å²) in [7, 11) is 0. The summed E-state index contributed by atoms with van der Waals surface area (Å²) in [6, 6.07) is 0. The molecular weight excluding hydrogens is 276 g/mol. The Bertz CT molecular complexity index is 620. The first-order valence-corrected chi connectivity index (χ1v) is 6.49. The molecule has 1 amide bonds. The number of hydrogen-bond donors (Lipinski definition) is 1. The van der Waals surface area contributed by atoms with E-state index in [9.17, 15) is 4.79 Å². The van der Waals surface area contributed by atoms with E-state index in [1.165, 1.54) is 12.4 Å². The maximum atomic E-state index is 12.0. The van der Waals surface area contributed by atoms with Gasteiger partial charge in [0.2, 0.25) is 17.5 Å². The number of aryl methyl sites for hydroxylation is 1. The minimum absolute atomic E-state index is 0.257. The number of hydrogen-bond acceptors (Lipinski definition) is 8. The van der Waals surface area contributed by atoms with Crippen molar-refractivity contribution in [2.75, 3.05) is 26.3 Å². The molecule has 0 saturated carbocycles. The molecule has 0 aliphatic carbocycles. The van der Waals surface area contributed by atoms with Gasteiger partial charge in [-0.05, 0) is 0 Å². The van der Waals surface area contributed by atoms with Gasteiger partial charge in [0.15, 0.2) is 0 Å². The number of aromatic nitrogens is 4. The van der Waals surface area contributed by atoms with Gasteiger partial charge in [0.1, 0.15) is 0 Å². The zero-order valence-corrected chi connectivity index (χ0v) is 11.4. The normalized spacial score (nSPS) is 15.9. The molecule has 0 atom stereocenters. The molecule has 0 radical (unpaired) electrons. The monoisotopic (exact) mass is 290 g/mol. The van der Waals surface area contributed by atoms with E-state index in [-0.39, 0.29) is 5.91 Å². The van der Waals surface area contributed by atoms with Crippen molar-refractivity contribution in [3.8, 4) is 11.6 Å². The third-order valence-corrected chi connectivity index (χ3v) is 2.91. The molecule has 1 fully saturated rings. The molecule has 1 N–H and O–H groups in total. The Morgan fingerprint density at radius 2 is 1.95 bits per heavy atom. The third kappa shape index (κ3) is 3.20. The maximum Gasteiger partial charge on any atom is 0.268 e. The summed E-state index contributed by atoms with van der Waals surface area (Å²) in [5, 5.41) is 5.53. The fraction of sp³-hybridized carbons (Fsp3) is 0.417. The topological polar surface area (TPSA) is 106 Å². The Kier molecular flexibility index (Phi) is 3.84. The minimum atomic E-state index is -0.257. The first-order valence-electron chi connectivity index (χ1n) is 6.49. The summed E-state index contributed by atoms with van der Waals surface area (Å²) in [6.45, 7) is 4.21. The highest BCUT2D eigenvalue weighted by molar-refractivity contribution is 5.93. The summed E-state index contributed by atoms with van der Waals surface area (Å²) in [5.41, 5.74) is 3.15. The second-order valence-corrected chi connectivity index (χ2v) is 4.47. The average Bonchev–Trinajstić information content (AvgIpc) is 2.95. The van der Waals surface area contributed by atoms with Crippen molar-refractivity contribution in [1.29, 1.82) is 0 Å². The van der Waals surface area contributed by atoms with Gasteiger partial charge in [0, 0.05) is 32.4 Å². The molecule has 1 aliphatic heterocycles. The molecule has 9 nitrogen and oxygen atoms in total. The second-order valence-electron chi connectivity index (χ2n) is 4.47. The third-order valence-electron chi connectivity index (χ3n) is 2.91. The van der Waals surface area contributed by atoms with Gasteiger partial charge in [-0.25, -0.2) is 15.0 Å². The van der Waals surface area contributed by atoms with E-state index < -0.39 is 0 Å². The molecule has 1 aliphatic rings. The summed E-state index contributed by atoms with van der Waals surface area (Å²) in [4.78, 5) is 24.2. The Labute approximate surface area is 120 Å². The molecule has 9 heteroatoms. The van der Waals surface area contributed by atoms with E-state index in [1.807, 2.05) is 5.01 Å². The van der Waals surface area contributed by atoms with Crippen LogP contribution in [0.15, 0.2) is 16.9 Å². The number of ether oxygens (including phenoxy) is 1. The van der Waals surface area contributed by atoms with Gasteiger partial charge in [0.25, 0.3) is 5.91 Å². The Morgan fingerprint density at radius 1 is 1.24 bits per heavy atom. The molecule has 0 unspecified atom stereocenters. The van der Waals surface area contributed by atoms with Crippen LogP contribution in [0.2, 0.25) is 0 Å². The Hall–Kier alpha value is -2.39. The lowest BCUT2D eigenvalue weighted by Gasteiger charge is -2.26. The smallest absolute Gasteiger partial charge is 0.268 e. The van der Waals surface area contributed by atoms with Crippen LogP contribution in [0, 0.1) is 6.92 Å². The fourth-order valence-electron chi connectivity index (χ4n) is 1.83. The number of carbonyl (C=O) groups is 1. The Morgan fingerprint density at radius 3 is 2.57 bits per heavy atom. The van der Waals surface area contributed by atoms with Crippen LogP contribution < -0.4 is 5.43 Å². The standard InChI is InChI=1S/C12H14N6O3/c1-8-15-11(17-21-8)10-13-6-9(7-14-10)12(19)16-18-2-4-20-5-3-18/h6-7H,2-5H2,1H3,(H,16,19). The maximum absolute atomic E-state index is 12.0. The second kappa shape index (κ2) is 5.94. The van der Waals surface area contributed by atoms with Gasteiger partial charge in [-0.3, -0.25) is 10.2 Å². The largest absolute Gasteiger partial charge is 0.379 e. The number of amides is 1. The van der Waals surface area contributed by atoms with E-state index in [0.29, 0.717) is 49.4 Å². The first-order chi connectivity index (χ1) is 10.2. The fourth-order valence-corrected chi connectivity index (χ4v) is 1.83. The molecule has 0 aromatic carbocycles. The molecule has 3 rings (SSSR count). The highest BCUT2D eigenvalue weighted by Gasteiger charge is 2.16. The summed E-state index contributed by atoms with van der Waals surface area (Å²) < 4.78 is 10.1. The zero-order chi connectivity index (χ0) is 14.7. The number of rotatable bonds is 3. The van der Waals surface area contributed by atoms with E-state index >= 15 is 0 Å². The van der Waals surface area contributed by atoms with E-state index in [0.717, 1.165) is 0 Å². The van der Waals surface area contributed by atoms with Gasteiger partial charge in [-0.1, -0.05) is 5.16 Å². The molecule has 21 heavy (non-hydrogen) atoms. The number of carbonyl (C=O) groups excluding carboxylic acids is 1. The van der Waals surface area contributed by atoms with Crippen molar-refractivity contribution < 1.29 is 14.1 Å². The SMILES string of the molecule is Cc1nc(-c2ncc(C(=O)NN3CCOCC3)cn2)no1. The van der Waals surface area contributed by atoms with Crippen LogP contribution in [0.1, 0.15) is 16.2 Å². The number of morpholine rings is 1. The first kappa shape index (κ1) is 13.6. The molecule has 110 valence electrons. The van der Waals surface area contributed by atoms with Crippen LogP contribution in [0.5, 0.6) is 0 Å². The van der Waals surface area contributed by atoms with Crippen LogP contribution in [0.3, 0.4) is 0 Å². The molecule has 0 bridgehead atoms. The van der Waals surface area contributed by atoms with Gasteiger partial charge in [-0.2, -0.15) is 4.98 Å². The highest BCUT2D eigenvalue weighted by Crippen LogP contribution is 2.09. The van der Waals surface area contributed by atoms with Crippen molar-refractivity contribution in [3.05, 3.63) is 23.8 Å². The van der Waals surface area contributed by atoms with Crippen molar-refractivity contribution in [3.63, 3.8) is 0 Å². The van der Waals surface area contributed by atoms with Crippen LogP contribution in [-0.2, 0) is 4.74 Å². The quantitative estimate of drug-likeness (QED) is 0.829. The summed E-state index contributed by atoms with van der Waals surface area (Å²) in [5.74, 6) is 0.790. The van der Waals surface area contributed by atoms with Crippen LogP contribution in [0.25, 0.3) is 11.6 Å². The van der Waals surface area contributed by atoms with Crippen LogP contribution >= 0.6 is 0 Å². The van der Waals surface area contributed by atoms with Crippen molar-refractivity contribution >= 4 is 5.91 Å². The summed E-state index contributed by atoms with van der Waals surface area (Å²) in [6.07, 6.45) is 2.87. The molecule has 1 saturated heterocycles. The minimum Gasteiger partial charge on any atom is -0.379 e. The predicted molar refractivity (Wildman–Crippen MR) is 69.9 cm³/mol. The lowest BCUT2D eigenvalue weighted by Crippen LogP contribution is -2.48. The van der Waals surface area contributed by atoms with E-state index in [4.69, 9.17) is 9.26 Å². The van der Waals surface area contributed by atoms with Crippen LogP contribution in [0.4, 0.5) is 0 Å². The lowest BCUT2D eigenvalue weighted by molar-refractivity contribution is 0.0126. The molecule has 3 heterocycles. The lowest BCUT2D eigenvalue weighted by atomic mass is 10.3. The zero-order valence-electron chi connectivity index (χ0n) is 11.4. The van der Waals surface area contributed by atoms with E-state index in [2.05, 4.69) is 25.5 Å². The molecule has 2 aromatic rings. The van der Waals surface area contributed by atoms with Crippen molar-refractivity contribution in [1.82, 2.24) is 30.5 Å². The number of nitrogens with zero attached hydrogens (tertiary/aromatic N) is 5. The van der Waals surface area contributed by atoms with Gasteiger partial charge < -0.3 is 9.26 Å². The average molecular weight is 290 g/mol. The van der Waals surface area contributed by atoms with Gasteiger partial charge >= 0.3 is 0 Å². The number of hydrazine groups is 1.